The lowest BCUT2D eigenvalue weighted by Gasteiger charge is -2.09. The van der Waals surface area contributed by atoms with Crippen LogP contribution in [-0.4, -0.2) is 25.4 Å². The van der Waals surface area contributed by atoms with Crippen LogP contribution >= 0.6 is 0 Å². The highest BCUT2D eigenvalue weighted by atomic mass is 16.3. The number of nitrogens with zero attached hydrogens (tertiary/aromatic N) is 4. The van der Waals surface area contributed by atoms with Crippen LogP contribution in [-0.2, 0) is 0 Å². The smallest absolute Gasteiger partial charge is 0.259 e. The van der Waals surface area contributed by atoms with Gasteiger partial charge in [-0.25, -0.2) is 15.0 Å². The predicted octanol–water partition coefficient (Wildman–Crippen LogP) is 4.18. The van der Waals surface area contributed by atoms with Gasteiger partial charge in [-0.05, 0) is 51.1 Å². The maximum absolute atomic E-state index is 12.4. The van der Waals surface area contributed by atoms with E-state index in [4.69, 9.17) is 4.42 Å². The quantitative estimate of drug-likeness (QED) is 0.532. The van der Waals surface area contributed by atoms with Crippen LogP contribution in [0.4, 0.5) is 17.2 Å². The van der Waals surface area contributed by atoms with E-state index in [1.54, 1.807) is 19.2 Å². The van der Waals surface area contributed by atoms with Crippen molar-refractivity contribution in [3.63, 3.8) is 0 Å². The molecule has 0 atom stereocenters. The Morgan fingerprint density at radius 2 is 1.76 bits per heavy atom. The summed E-state index contributed by atoms with van der Waals surface area (Å²) in [6, 6.07) is 11.0. The molecule has 0 aliphatic carbocycles. The highest BCUT2D eigenvalue weighted by Gasteiger charge is 2.13. The van der Waals surface area contributed by atoms with Gasteiger partial charge in [-0.3, -0.25) is 9.36 Å². The molecule has 0 fully saturated rings. The number of rotatable bonds is 5. The summed E-state index contributed by atoms with van der Waals surface area (Å²) in [4.78, 5) is 25.1. The van der Waals surface area contributed by atoms with Crippen molar-refractivity contribution in [2.75, 3.05) is 10.6 Å². The molecular weight excluding hydrogens is 368 g/mol. The van der Waals surface area contributed by atoms with Gasteiger partial charge in [0.15, 0.2) is 0 Å². The Kier molecular flexibility index (Phi) is 4.82. The molecule has 29 heavy (non-hydrogen) atoms. The number of anilines is 3. The fourth-order valence-corrected chi connectivity index (χ4v) is 3.01. The number of furan rings is 1. The first-order valence-electron chi connectivity index (χ1n) is 9.07. The monoisotopic (exact) mass is 388 g/mol. The van der Waals surface area contributed by atoms with E-state index in [0.29, 0.717) is 28.6 Å². The van der Waals surface area contributed by atoms with Gasteiger partial charge < -0.3 is 15.1 Å². The second kappa shape index (κ2) is 7.59. The standard InChI is InChI=1S/C21H20N6O2/c1-13-10-18(14(2)29-13)21(28)26-17-6-4-16(5-7-17)25-19-11-20(24-12-23-19)27-9-8-22-15(27)3/h4-12H,1-3H3,(H,26,28)(H,23,24,25). The first-order chi connectivity index (χ1) is 14.0. The number of nitrogens with one attached hydrogen (secondary N) is 2. The van der Waals surface area contributed by atoms with E-state index < -0.39 is 0 Å². The van der Waals surface area contributed by atoms with Gasteiger partial charge in [0.1, 0.15) is 35.3 Å². The summed E-state index contributed by atoms with van der Waals surface area (Å²) < 4.78 is 7.29. The lowest BCUT2D eigenvalue weighted by atomic mass is 10.2. The molecule has 4 rings (SSSR count). The van der Waals surface area contributed by atoms with Crippen LogP contribution in [0.3, 0.4) is 0 Å². The molecule has 3 heterocycles. The van der Waals surface area contributed by atoms with Crippen LogP contribution in [0.2, 0.25) is 0 Å². The van der Waals surface area contributed by atoms with E-state index in [1.807, 2.05) is 54.9 Å². The van der Waals surface area contributed by atoms with Crippen LogP contribution in [0.25, 0.3) is 5.82 Å². The molecule has 8 nitrogen and oxygen atoms in total. The van der Waals surface area contributed by atoms with Gasteiger partial charge in [-0.2, -0.15) is 0 Å². The third-order valence-electron chi connectivity index (χ3n) is 4.43. The summed E-state index contributed by atoms with van der Waals surface area (Å²) in [7, 11) is 0. The molecule has 8 heteroatoms. The lowest BCUT2D eigenvalue weighted by Crippen LogP contribution is -2.12. The minimum atomic E-state index is -0.198. The number of hydrogen-bond acceptors (Lipinski definition) is 6. The number of aryl methyl sites for hydroxylation is 3. The molecule has 0 aliphatic heterocycles. The Balaban J connectivity index is 1.45. The highest BCUT2D eigenvalue weighted by Crippen LogP contribution is 2.20. The Labute approximate surface area is 167 Å². The second-order valence-electron chi connectivity index (χ2n) is 6.59. The zero-order chi connectivity index (χ0) is 20.4. The number of amides is 1. The molecule has 0 bridgehead atoms. The number of benzene rings is 1. The Bertz CT molecular complexity index is 1160. The number of imidazole rings is 1. The van der Waals surface area contributed by atoms with Crippen LogP contribution in [0.5, 0.6) is 0 Å². The fourth-order valence-electron chi connectivity index (χ4n) is 3.01. The molecule has 0 saturated carbocycles. The van der Waals surface area contributed by atoms with Crippen molar-refractivity contribution < 1.29 is 9.21 Å². The summed E-state index contributed by atoms with van der Waals surface area (Å²) >= 11 is 0. The SMILES string of the molecule is Cc1cc(C(=O)Nc2ccc(Nc3cc(-n4ccnc4C)ncn3)cc2)c(C)o1. The Morgan fingerprint density at radius 3 is 2.41 bits per heavy atom. The first kappa shape index (κ1) is 18.4. The molecule has 0 saturated heterocycles. The third-order valence-corrected chi connectivity index (χ3v) is 4.43. The summed E-state index contributed by atoms with van der Waals surface area (Å²) in [6.45, 7) is 5.50. The molecule has 0 radical (unpaired) electrons. The van der Waals surface area contributed by atoms with E-state index >= 15 is 0 Å². The molecule has 2 N–H and O–H groups in total. The van der Waals surface area contributed by atoms with Gasteiger partial charge in [0.05, 0.1) is 5.56 Å². The topological polar surface area (TPSA) is 97.9 Å². The zero-order valence-electron chi connectivity index (χ0n) is 16.3. The molecule has 0 spiro atoms. The molecule has 0 aliphatic rings. The van der Waals surface area contributed by atoms with E-state index in [0.717, 1.165) is 17.3 Å². The van der Waals surface area contributed by atoms with E-state index in [2.05, 4.69) is 25.6 Å². The predicted molar refractivity (Wildman–Crippen MR) is 110 cm³/mol. The maximum Gasteiger partial charge on any atom is 0.259 e. The van der Waals surface area contributed by atoms with Gasteiger partial charge >= 0.3 is 0 Å². The average Bonchev–Trinajstić information content (AvgIpc) is 3.28. The van der Waals surface area contributed by atoms with E-state index in [1.165, 1.54) is 6.33 Å². The number of aromatic nitrogens is 4. The van der Waals surface area contributed by atoms with Crippen LogP contribution in [0.1, 0.15) is 27.7 Å². The third kappa shape index (κ3) is 4.01. The van der Waals surface area contributed by atoms with E-state index in [-0.39, 0.29) is 5.91 Å². The number of hydrogen-bond donors (Lipinski definition) is 2. The van der Waals surface area contributed by atoms with Crippen molar-refractivity contribution in [1.82, 2.24) is 19.5 Å². The molecule has 1 aromatic carbocycles. The van der Waals surface area contributed by atoms with Gasteiger partial charge in [0.2, 0.25) is 0 Å². The fraction of sp³-hybridized carbons (Fsp3) is 0.143. The lowest BCUT2D eigenvalue weighted by molar-refractivity contribution is 0.102. The van der Waals surface area contributed by atoms with Crippen LogP contribution in [0.15, 0.2) is 59.5 Å². The summed E-state index contributed by atoms with van der Waals surface area (Å²) in [5.41, 5.74) is 2.06. The van der Waals surface area contributed by atoms with Crippen molar-refractivity contribution >= 4 is 23.1 Å². The molecule has 1 amide bonds. The minimum Gasteiger partial charge on any atom is -0.466 e. The van der Waals surface area contributed by atoms with Gasteiger partial charge in [0.25, 0.3) is 5.91 Å². The van der Waals surface area contributed by atoms with Gasteiger partial charge in [-0.1, -0.05) is 0 Å². The molecule has 4 aromatic rings. The van der Waals surface area contributed by atoms with Crippen LogP contribution < -0.4 is 10.6 Å². The Hall–Kier alpha value is -3.94. The molecule has 0 unspecified atom stereocenters. The number of carbonyl (C=O) groups excluding carboxylic acids is 1. The maximum atomic E-state index is 12.4. The summed E-state index contributed by atoms with van der Waals surface area (Å²) in [5, 5.41) is 6.11. The first-order valence-corrected chi connectivity index (χ1v) is 9.07. The van der Waals surface area contributed by atoms with Crippen LogP contribution in [0, 0.1) is 20.8 Å². The van der Waals surface area contributed by atoms with Crippen molar-refractivity contribution in [1.29, 1.82) is 0 Å². The largest absolute Gasteiger partial charge is 0.466 e. The van der Waals surface area contributed by atoms with Crippen molar-refractivity contribution in [3.8, 4) is 5.82 Å². The Morgan fingerprint density at radius 1 is 1.00 bits per heavy atom. The zero-order valence-corrected chi connectivity index (χ0v) is 16.3. The van der Waals surface area contributed by atoms with Gasteiger partial charge in [-0.15, -0.1) is 0 Å². The minimum absolute atomic E-state index is 0.198. The van der Waals surface area contributed by atoms with Crippen molar-refractivity contribution in [2.24, 2.45) is 0 Å². The molecule has 146 valence electrons. The van der Waals surface area contributed by atoms with Gasteiger partial charge in [0, 0.05) is 29.8 Å². The van der Waals surface area contributed by atoms with Crippen molar-refractivity contribution in [2.45, 2.75) is 20.8 Å². The summed E-state index contributed by atoms with van der Waals surface area (Å²) in [6.07, 6.45) is 5.08. The highest BCUT2D eigenvalue weighted by molar-refractivity contribution is 6.05. The summed E-state index contributed by atoms with van der Waals surface area (Å²) in [5.74, 6) is 3.35. The van der Waals surface area contributed by atoms with E-state index in [9.17, 15) is 4.79 Å². The second-order valence-corrected chi connectivity index (χ2v) is 6.59. The average molecular weight is 388 g/mol. The van der Waals surface area contributed by atoms with Crippen molar-refractivity contribution in [3.05, 3.63) is 78.0 Å². The molecular formula is C21H20N6O2. The number of carbonyl (C=O) groups is 1. The molecule has 3 aromatic heterocycles. The normalized spacial score (nSPS) is 10.7.